The Kier molecular flexibility index (Phi) is 6.56. The van der Waals surface area contributed by atoms with Gasteiger partial charge in [-0.2, -0.15) is 13.2 Å². The Hall–Kier alpha value is -2.72. The molecular formula is C25H31F3N4O3. The maximum absolute atomic E-state index is 13.5. The summed E-state index contributed by atoms with van der Waals surface area (Å²) in [6, 6.07) is 4.14. The SMILES string of the molecule is Cc1nc(CC(=O)NC2(C)CC2)c(C2OCCO2)c(NC(C)(C)c2cccc(C(F)(F)F)c2C)n1. The van der Waals surface area contributed by atoms with Gasteiger partial charge < -0.3 is 20.1 Å². The molecule has 1 amide bonds. The van der Waals surface area contributed by atoms with E-state index in [-0.39, 0.29) is 23.4 Å². The lowest BCUT2D eigenvalue weighted by Gasteiger charge is -2.32. The number of anilines is 1. The lowest BCUT2D eigenvalue weighted by molar-refractivity contribution is -0.138. The maximum atomic E-state index is 13.5. The lowest BCUT2D eigenvalue weighted by atomic mass is 9.87. The second-order valence-corrected chi connectivity index (χ2v) is 10.1. The summed E-state index contributed by atoms with van der Waals surface area (Å²) in [5.41, 5.74) is -0.242. The third kappa shape index (κ3) is 5.59. The fraction of sp³-hybridized carbons (Fsp3) is 0.560. The number of nitrogens with one attached hydrogen (secondary N) is 2. The number of carbonyl (C=O) groups is 1. The van der Waals surface area contributed by atoms with Crippen LogP contribution in [0.4, 0.5) is 19.0 Å². The molecule has 4 rings (SSSR count). The highest BCUT2D eigenvalue weighted by Gasteiger charge is 2.39. The van der Waals surface area contributed by atoms with Crippen molar-refractivity contribution < 1.29 is 27.4 Å². The average Bonchev–Trinajstić information content (AvgIpc) is 3.20. The average molecular weight is 493 g/mol. The van der Waals surface area contributed by atoms with Crippen LogP contribution in [0.1, 0.15) is 73.7 Å². The van der Waals surface area contributed by atoms with Crippen molar-refractivity contribution >= 4 is 11.7 Å². The Labute approximate surface area is 202 Å². The number of nitrogens with zero attached hydrogens (tertiary/aromatic N) is 2. The molecule has 10 heteroatoms. The van der Waals surface area contributed by atoms with E-state index in [0.29, 0.717) is 41.7 Å². The highest BCUT2D eigenvalue weighted by Crippen LogP contribution is 2.39. The molecule has 0 bridgehead atoms. The summed E-state index contributed by atoms with van der Waals surface area (Å²) in [6.07, 6.45) is -3.37. The van der Waals surface area contributed by atoms with Gasteiger partial charge in [0.15, 0.2) is 6.29 Å². The van der Waals surface area contributed by atoms with Gasteiger partial charge in [-0.05, 0) is 64.7 Å². The highest BCUT2D eigenvalue weighted by molar-refractivity contribution is 5.80. The van der Waals surface area contributed by atoms with Gasteiger partial charge in [0, 0.05) is 5.54 Å². The molecule has 2 N–H and O–H groups in total. The molecule has 0 atom stereocenters. The van der Waals surface area contributed by atoms with Crippen molar-refractivity contribution in [1.82, 2.24) is 15.3 Å². The number of halogens is 3. The third-order valence-corrected chi connectivity index (χ3v) is 6.51. The second kappa shape index (κ2) is 9.05. The third-order valence-electron chi connectivity index (χ3n) is 6.51. The van der Waals surface area contributed by atoms with E-state index in [1.807, 2.05) is 6.92 Å². The number of hydrogen-bond donors (Lipinski definition) is 2. The number of amides is 1. The lowest BCUT2D eigenvalue weighted by Crippen LogP contribution is -2.36. The molecule has 1 saturated heterocycles. The van der Waals surface area contributed by atoms with Gasteiger partial charge in [-0.25, -0.2) is 9.97 Å². The first-order valence-corrected chi connectivity index (χ1v) is 11.7. The standard InChI is InChI=1S/C25H31F3N4O3/c1-14-16(7-6-8-17(14)25(26,27)28)23(3,4)32-21-20(22-34-11-12-35-22)18(29-15(2)30-21)13-19(33)31-24(5)9-10-24/h6-8,22H,9-13H2,1-5H3,(H,31,33)(H,29,30,32). The Morgan fingerprint density at radius 1 is 1.11 bits per heavy atom. The smallest absolute Gasteiger partial charge is 0.361 e. The van der Waals surface area contributed by atoms with Crippen LogP contribution in [-0.2, 0) is 32.4 Å². The molecule has 35 heavy (non-hydrogen) atoms. The van der Waals surface area contributed by atoms with E-state index in [1.54, 1.807) is 26.8 Å². The van der Waals surface area contributed by atoms with Gasteiger partial charge in [0.25, 0.3) is 0 Å². The van der Waals surface area contributed by atoms with Crippen molar-refractivity contribution in [2.24, 2.45) is 0 Å². The molecule has 7 nitrogen and oxygen atoms in total. The number of carbonyl (C=O) groups excluding carboxylic acids is 1. The molecule has 1 saturated carbocycles. The van der Waals surface area contributed by atoms with Gasteiger partial charge in [0.05, 0.1) is 42.0 Å². The van der Waals surface area contributed by atoms with E-state index in [4.69, 9.17) is 9.47 Å². The number of benzene rings is 1. The molecule has 2 aliphatic rings. The van der Waals surface area contributed by atoms with Crippen molar-refractivity contribution in [2.45, 2.75) is 77.4 Å². The van der Waals surface area contributed by atoms with Gasteiger partial charge >= 0.3 is 6.18 Å². The van der Waals surface area contributed by atoms with E-state index in [2.05, 4.69) is 20.6 Å². The minimum atomic E-state index is -4.46. The van der Waals surface area contributed by atoms with Gasteiger partial charge in [-0.1, -0.05) is 12.1 Å². The number of ether oxygens (including phenoxy) is 2. The van der Waals surface area contributed by atoms with E-state index < -0.39 is 23.6 Å². The predicted molar refractivity (Wildman–Crippen MR) is 124 cm³/mol. The number of rotatable bonds is 7. The molecular weight excluding hydrogens is 461 g/mol. The van der Waals surface area contributed by atoms with Gasteiger partial charge in [0.2, 0.25) is 5.91 Å². The summed E-state index contributed by atoms with van der Waals surface area (Å²) in [4.78, 5) is 21.8. The van der Waals surface area contributed by atoms with E-state index >= 15 is 0 Å². The topological polar surface area (TPSA) is 85.4 Å². The Morgan fingerprint density at radius 3 is 2.34 bits per heavy atom. The molecule has 1 aromatic heterocycles. The van der Waals surface area contributed by atoms with Crippen LogP contribution >= 0.6 is 0 Å². The molecule has 0 spiro atoms. The monoisotopic (exact) mass is 492 g/mol. The van der Waals surface area contributed by atoms with Crippen molar-refractivity contribution in [3.05, 3.63) is 52.0 Å². The number of alkyl halides is 3. The molecule has 0 unspecified atom stereocenters. The van der Waals surface area contributed by atoms with Crippen LogP contribution in [0, 0.1) is 13.8 Å². The van der Waals surface area contributed by atoms with Crippen molar-refractivity contribution in [3.8, 4) is 0 Å². The molecule has 190 valence electrons. The minimum Gasteiger partial charge on any atom is -0.361 e. The molecule has 1 aromatic carbocycles. The highest BCUT2D eigenvalue weighted by atomic mass is 19.4. The first-order valence-electron chi connectivity index (χ1n) is 11.7. The fourth-order valence-corrected chi connectivity index (χ4v) is 4.47. The largest absolute Gasteiger partial charge is 0.416 e. The van der Waals surface area contributed by atoms with Gasteiger partial charge in [-0.3, -0.25) is 4.79 Å². The van der Waals surface area contributed by atoms with Crippen LogP contribution in [0.3, 0.4) is 0 Å². The second-order valence-electron chi connectivity index (χ2n) is 10.1. The molecule has 0 radical (unpaired) electrons. The Morgan fingerprint density at radius 2 is 1.74 bits per heavy atom. The van der Waals surface area contributed by atoms with E-state index in [1.165, 1.54) is 13.0 Å². The molecule has 1 aliphatic carbocycles. The molecule has 2 heterocycles. The van der Waals surface area contributed by atoms with Gasteiger partial charge in [-0.15, -0.1) is 0 Å². The zero-order chi connectivity index (χ0) is 25.6. The summed E-state index contributed by atoms with van der Waals surface area (Å²) in [5.74, 6) is 0.624. The minimum absolute atomic E-state index is 0.00913. The quantitative estimate of drug-likeness (QED) is 0.582. The number of hydrogen-bond acceptors (Lipinski definition) is 6. The number of aromatic nitrogens is 2. The summed E-state index contributed by atoms with van der Waals surface area (Å²) >= 11 is 0. The first-order chi connectivity index (χ1) is 16.3. The summed E-state index contributed by atoms with van der Waals surface area (Å²) in [5, 5.41) is 6.33. The van der Waals surface area contributed by atoms with Crippen LogP contribution in [0.5, 0.6) is 0 Å². The fourth-order valence-electron chi connectivity index (χ4n) is 4.47. The first kappa shape index (κ1) is 25.4. The van der Waals surface area contributed by atoms with Gasteiger partial charge in [0.1, 0.15) is 11.6 Å². The zero-order valence-electron chi connectivity index (χ0n) is 20.6. The Balaban J connectivity index is 1.72. The summed E-state index contributed by atoms with van der Waals surface area (Å²) in [6.45, 7) is 9.48. The van der Waals surface area contributed by atoms with E-state index in [9.17, 15) is 18.0 Å². The van der Waals surface area contributed by atoms with Crippen LogP contribution in [-0.4, -0.2) is 34.6 Å². The number of aryl methyl sites for hydroxylation is 1. The van der Waals surface area contributed by atoms with Crippen LogP contribution in [0.15, 0.2) is 18.2 Å². The molecule has 2 fully saturated rings. The van der Waals surface area contributed by atoms with Crippen LogP contribution in [0.25, 0.3) is 0 Å². The predicted octanol–water partition coefficient (Wildman–Crippen LogP) is 4.72. The zero-order valence-corrected chi connectivity index (χ0v) is 20.6. The van der Waals surface area contributed by atoms with Crippen LogP contribution < -0.4 is 10.6 Å². The molecule has 1 aliphatic heterocycles. The van der Waals surface area contributed by atoms with Crippen molar-refractivity contribution in [3.63, 3.8) is 0 Å². The van der Waals surface area contributed by atoms with Crippen molar-refractivity contribution in [1.29, 1.82) is 0 Å². The van der Waals surface area contributed by atoms with Crippen molar-refractivity contribution in [2.75, 3.05) is 18.5 Å². The maximum Gasteiger partial charge on any atom is 0.416 e. The Bertz CT molecular complexity index is 1120. The summed E-state index contributed by atoms with van der Waals surface area (Å²) in [7, 11) is 0. The van der Waals surface area contributed by atoms with E-state index in [0.717, 1.165) is 18.9 Å². The molecule has 2 aromatic rings. The normalized spacial score (nSPS) is 17.9. The summed E-state index contributed by atoms with van der Waals surface area (Å²) < 4.78 is 52.1. The van der Waals surface area contributed by atoms with Crippen LogP contribution in [0.2, 0.25) is 0 Å².